The SMILES string of the molecule is COC(=O)[C@]1(CC(=O)c2ccc(Cl)c(Cl)c2)NC(=S)NC(=O)[C@@H]1C#N. The van der Waals surface area contributed by atoms with E-state index in [1.165, 1.54) is 18.2 Å². The number of ketones is 1. The number of carbonyl (C=O) groups excluding carboxylic acids is 3. The molecule has 0 spiro atoms. The minimum Gasteiger partial charge on any atom is -0.467 e. The van der Waals surface area contributed by atoms with E-state index in [0.717, 1.165) is 7.11 Å². The van der Waals surface area contributed by atoms with Gasteiger partial charge in [-0.05, 0) is 30.4 Å². The summed E-state index contributed by atoms with van der Waals surface area (Å²) in [6.07, 6.45) is -0.538. The quantitative estimate of drug-likeness (QED) is 0.449. The van der Waals surface area contributed by atoms with Crippen molar-refractivity contribution in [1.82, 2.24) is 10.6 Å². The normalized spacial score (nSPS) is 22.4. The number of nitrogens with zero attached hydrogens (tertiary/aromatic N) is 1. The number of nitriles is 1. The fraction of sp³-hybridized carbons (Fsp3) is 0.267. The molecule has 1 saturated heterocycles. The van der Waals surface area contributed by atoms with Crippen LogP contribution in [0.25, 0.3) is 0 Å². The minimum atomic E-state index is -1.94. The lowest BCUT2D eigenvalue weighted by atomic mass is 9.77. The van der Waals surface area contributed by atoms with Crippen LogP contribution in [0, 0.1) is 17.2 Å². The topological polar surface area (TPSA) is 108 Å². The first-order chi connectivity index (χ1) is 11.7. The van der Waals surface area contributed by atoms with E-state index in [0.29, 0.717) is 0 Å². The van der Waals surface area contributed by atoms with E-state index in [1.807, 2.05) is 0 Å². The number of ether oxygens (including phenoxy) is 1. The van der Waals surface area contributed by atoms with Gasteiger partial charge in [0.1, 0.15) is 0 Å². The molecule has 0 saturated carbocycles. The van der Waals surface area contributed by atoms with Crippen molar-refractivity contribution in [2.24, 2.45) is 5.92 Å². The zero-order valence-electron chi connectivity index (χ0n) is 12.8. The molecule has 1 aromatic carbocycles. The molecule has 0 aromatic heterocycles. The lowest BCUT2D eigenvalue weighted by Crippen LogP contribution is -2.70. The summed E-state index contributed by atoms with van der Waals surface area (Å²) in [6.45, 7) is 0. The van der Waals surface area contributed by atoms with Crippen LogP contribution >= 0.6 is 35.4 Å². The number of benzene rings is 1. The third kappa shape index (κ3) is 3.58. The van der Waals surface area contributed by atoms with Crippen LogP contribution in [0.4, 0.5) is 0 Å². The molecule has 0 bridgehead atoms. The first-order valence-corrected chi connectivity index (χ1v) is 8.01. The highest BCUT2D eigenvalue weighted by Gasteiger charge is 2.55. The van der Waals surface area contributed by atoms with Crippen LogP contribution in [-0.4, -0.2) is 35.4 Å². The Hall–Kier alpha value is -2.21. The van der Waals surface area contributed by atoms with Crippen molar-refractivity contribution < 1.29 is 19.1 Å². The second-order valence-corrected chi connectivity index (χ2v) is 6.42. The Morgan fingerprint density at radius 2 is 2.08 bits per heavy atom. The molecule has 2 rings (SSSR count). The van der Waals surface area contributed by atoms with Crippen LogP contribution in [0.5, 0.6) is 0 Å². The fourth-order valence-corrected chi connectivity index (χ4v) is 3.06. The molecular weight excluding hydrogens is 389 g/mol. The van der Waals surface area contributed by atoms with E-state index < -0.39 is 35.5 Å². The zero-order valence-corrected chi connectivity index (χ0v) is 15.1. The van der Waals surface area contributed by atoms with Crippen molar-refractivity contribution in [3.63, 3.8) is 0 Å². The Bertz CT molecular complexity index is 823. The molecule has 1 aromatic rings. The zero-order chi connectivity index (χ0) is 18.8. The van der Waals surface area contributed by atoms with Gasteiger partial charge in [0.15, 0.2) is 22.4 Å². The van der Waals surface area contributed by atoms with Crippen LogP contribution in [0.15, 0.2) is 18.2 Å². The largest absolute Gasteiger partial charge is 0.467 e. The number of esters is 1. The van der Waals surface area contributed by atoms with Gasteiger partial charge in [-0.3, -0.25) is 9.59 Å². The highest BCUT2D eigenvalue weighted by molar-refractivity contribution is 7.80. The summed E-state index contributed by atoms with van der Waals surface area (Å²) in [7, 11) is 1.08. The molecule has 0 radical (unpaired) electrons. The van der Waals surface area contributed by atoms with Crippen LogP contribution in [0.3, 0.4) is 0 Å². The molecule has 7 nitrogen and oxygen atoms in total. The van der Waals surface area contributed by atoms with Crippen molar-refractivity contribution in [3.8, 4) is 6.07 Å². The second-order valence-electron chi connectivity index (χ2n) is 5.20. The van der Waals surface area contributed by atoms with Gasteiger partial charge >= 0.3 is 5.97 Å². The predicted molar refractivity (Wildman–Crippen MR) is 93.1 cm³/mol. The maximum atomic E-state index is 12.6. The Morgan fingerprint density at radius 3 is 2.64 bits per heavy atom. The van der Waals surface area contributed by atoms with Gasteiger partial charge in [-0.15, -0.1) is 0 Å². The van der Waals surface area contributed by atoms with Gasteiger partial charge in [0.05, 0.1) is 23.2 Å². The summed E-state index contributed by atoms with van der Waals surface area (Å²) in [6, 6.07) is 5.90. The monoisotopic (exact) mass is 399 g/mol. The highest BCUT2D eigenvalue weighted by atomic mass is 35.5. The molecule has 0 unspecified atom stereocenters. The third-order valence-electron chi connectivity index (χ3n) is 3.69. The standard InChI is InChI=1S/C15H11Cl2N3O4S/c1-24-13(23)15(8(6-18)12(22)19-14(25)20-15)5-11(21)7-2-3-9(16)10(17)4-7/h2-4,8H,5H2,1H3,(H2,19,20,22,25)/t8-,15+/m0/s1. The number of carbonyl (C=O) groups is 3. The molecule has 1 fully saturated rings. The van der Waals surface area contributed by atoms with Crippen molar-refractivity contribution >= 4 is 58.2 Å². The number of nitrogens with one attached hydrogen (secondary N) is 2. The van der Waals surface area contributed by atoms with E-state index >= 15 is 0 Å². The van der Waals surface area contributed by atoms with Gasteiger partial charge in [-0.1, -0.05) is 23.2 Å². The van der Waals surface area contributed by atoms with E-state index in [1.54, 1.807) is 6.07 Å². The summed E-state index contributed by atoms with van der Waals surface area (Å²) >= 11 is 16.6. The first-order valence-electron chi connectivity index (χ1n) is 6.84. The number of rotatable bonds is 4. The van der Waals surface area contributed by atoms with E-state index in [4.69, 9.17) is 40.2 Å². The van der Waals surface area contributed by atoms with Crippen LogP contribution in [0.1, 0.15) is 16.8 Å². The van der Waals surface area contributed by atoms with E-state index in [-0.39, 0.29) is 20.7 Å². The smallest absolute Gasteiger partial charge is 0.334 e. The van der Waals surface area contributed by atoms with Crippen molar-refractivity contribution in [2.75, 3.05) is 7.11 Å². The maximum absolute atomic E-state index is 12.6. The van der Waals surface area contributed by atoms with Gasteiger partial charge in [0, 0.05) is 12.0 Å². The summed E-state index contributed by atoms with van der Waals surface area (Å²) < 4.78 is 4.71. The van der Waals surface area contributed by atoms with Gasteiger partial charge in [-0.2, -0.15) is 5.26 Å². The molecule has 130 valence electrons. The van der Waals surface area contributed by atoms with E-state index in [2.05, 4.69) is 10.6 Å². The number of halogens is 2. The Kier molecular flexibility index (Phi) is 5.62. The molecule has 1 amide bonds. The lowest BCUT2D eigenvalue weighted by molar-refractivity contribution is -0.152. The number of methoxy groups -OCH3 is 1. The molecule has 25 heavy (non-hydrogen) atoms. The number of Topliss-reactive ketones (excluding diaryl/α,β-unsaturated/α-hetero) is 1. The first kappa shape index (κ1) is 19.1. The number of hydrogen-bond acceptors (Lipinski definition) is 6. The fourth-order valence-electron chi connectivity index (χ4n) is 2.48. The van der Waals surface area contributed by atoms with Gasteiger partial charge < -0.3 is 15.4 Å². The summed E-state index contributed by atoms with van der Waals surface area (Å²) in [4.78, 5) is 37.1. The van der Waals surface area contributed by atoms with Crippen molar-refractivity contribution in [3.05, 3.63) is 33.8 Å². The average Bonchev–Trinajstić information content (AvgIpc) is 2.55. The number of amides is 1. The minimum absolute atomic E-state index is 0.154. The maximum Gasteiger partial charge on any atom is 0.334 e. The molecule has 1 aliphatic rings. The summed E-state index contributed by atoms with van der Waals surface area (Å²) in [5.41, 5.74) is -1.78. The Balaban J connectivity index is 2.46. The molecule has 1 aliphatic heterocycles. The molecule has 10 heteroatoms. The van der Waals surface area contributed by atoms with Crippen molar-refractivity contribution in [2.45, 2.75) is 12.0 Å². The van der Waals surface area contributed by atoms with Crippen LogP contribution < -0.4 is 10.6 Å². The number of thiocarbonyl (C=S) groups is 1. The molecule has 0 aliphatic carbocycles. The Labute approximate surface area is 158 Å². The molecule has 2 N–H and O–H groups in total. The average molecular weight is 400 g/mol. The van der Waals surface area contributed by atoms with Gasteiger partial charge in [0.2, 0.25) is 5.91 Å². The number of hydrogen-bond donors (Lipinski definition) is 2. The second kappa shape index (κ2) is 7.35. The van der Waals surface area contributed by atoms with Crippen LogP contribution in [-0.2, 0) is 14.3 Å². The van der Waals surface area contributed by atoms with E-state index in [9.17, 15) is 19.6 Å². The molecular formula is C15H11Cl2N3O4S. The predicted octanol–water partition coefficient (Wildman–Crippen LogP) is 1.62. The van der Waals surface area contributed by atoms with Gasteiger partial charge in [-0.25, -0.2) is 4.79 Å². The van der Waals surface area contributed by atoms with Crippen LogP contribution in [0.2, 0.25) is 10.0 Å². The third-order valence-corrected chi connectivity index (χ3v) is 4.63. The summed E-state index contributed by atoms with van der Waals surface area (Å²) in [5.74, 6) is -3.81. The highest BCUT2D eigenvalue weighted by Crippen LogP contribution is 2.30. The van der Waals surface area contributed by atoms with Gasteiger partial charge in [0.25, 0.3) is 0 Å². The Morgan fingerprint density at radius 1 is 1.40 bits per heavy atom. The lowest BCUT2D eigenvalue weighted by Gasteiger charge is -2.38. The molecule has 2 atom stereocenters. The van der Waals surface area contributed by atoms with Crippen molar-refractivity contribution in [1.29, 1.82) is 5.26 Å². The summed E-state index contributed by atoms with van der Waals surface area (Å²) in [5, 5.41) is 14.4. The molecule has 1 heterocycles.